The van der Waals surface area contributed by atoms with Gasteiger partial charge in [0.15, 0.2) is 5.65 Å². The van der Waals surface area contributed by atoms with Gasteiger partial charge in [-0.1, -0.05) is 12.1 Å². The number of para-hydroxylation sites is 1. The minimum Gasteiger partial charge on any atom is -0.497 e. The molecule has 2 heterocycles. The van der Waals surface area contributed by atoms with E-state index in [2.05, 4.69) is 10.3 Å². The van der Waals surface area contributed by atoms with Crippen LogP contribution in [0.1, 0.15) is 24.2 Å². The maximum Gasteiger partial charge on any atom is 0.273 e. The molecule has 0 bridgehead atoms. The van der Waals surface area contributed by atoms with E-state index in [1.807, 2.05) is 65.5 Å². The topological polar surface area (TPSA) is 86.9 Å². The number of nitrogens with one attached hydrogen (secondary N) is 1. The lowest BCUT2D eigenvalue weighted by Crippen LogP contribution is -2.34. The Bertz CT molecular complexity index is 1360. The normalized spacial score (nSPS) is 12.1. The summed E-state index contributed by atoms with van der Waals surface area (Å²) in [6.45, 7) is 4.12. The van der Waals surface area contributed by atoms with Crippen molar-refractivity contribution >= 4 is 22.5 Å². The Hall–Kier alpha value is -3.81. The SMILES string of the molecule is COc1ccc(OC)c(CCNC(=O)[C@H](C)n2c3ccccc3c3nc(=O)cc(C)n32)c1. The Labute approximate surface area is 185 Å². The summed E-state index contributed by atoms with van der Waals surface area (Å²) in [5, 5.41) is 3.84. The van der Waals surface area contributed by atoms with Crippen LogP contribution in [-0.4, -0.2) is 40.9 Å². The molecule has 0 aliphatic heterocycles. The standard InChI is InChI=1S/C24H26N4O4/c1-15-13-22(29)26-23-19-7-5-6-8-20(19)28(27(15)23)16(2)24(30)25-12-11-17-14-18(31-3)9-10-21(17)32-4/h5-10,13-14,16H,11-12H2,1-4H3,(H,25,30)/t16-/m0/s1. The van der Waals surface area contributed by atoms with Gasteiger partial charge in [0.25, 0.3) is 5.56 Å². The van der Waals surface area contributed by atoms with Crippen molar-refractivity contribution in [2.45, 2.75) is 26.3 Å². The number of nitrogens with zero attached hydrogens (tertiary/aromatic N) is 3. The first-order valence-corrected chi connectivity index (χ1v) is 10.4. The van der Waals surface area contributed by atoms with Crippen LogP contribution in [0.25, 0.3) is 16.6 Å². The van der Waals surface area contributed by atoms with E-state index in [4.69, 9.17) is 9.47 Å². The van der Waals surface area contributed by atoms with E-state index < -0.39 is 6.04 Å². The van der Waals surface area contributed by atoms with E-state index >= 15 is 0 Å². The van der Waals surface area contributed by atoms with E-state index in [1.165, 1.54) is 6.07 Å². The van der Waals surface area contributed by atoms with E-state index in [1.54, 1.807) is 14.2 Å². The molecule has 1 atom stereocenters. The third-order valence-electron chi connectivity index (χ3n) is 5.62. The van der Waals surface area contributed by atoms with Crippen LogP contribution in [-0.2, 0) is 11.2 Å². The van der Waals surface area contributed by atoms with Crippen LogP contribution in [0.15, 0.2) is 53.3 Å². The van der Waals surface area contributed by atoms with Crippen LogP contribution in [0.2, 0.25) is 0 Å². The van der Waals surface area contributed by atoms with Crippen LogP contribution in [0.4, 0.5) is 0 Å². The summed E-state index contributed by atoms with van der Waals surface area (Å²) < 4.78 is 14.4. The second kappa shape index (κ2) is 8.74. The van der Waals surface area contributed by atoms with Crippen LogP contribution in [0, 0.1) is 6.92 Å². The fraction of sp³-hybridized carbons (Fsp3) is 0.292. The molecule has 4 rings (SSSR count). The average molecular weight is 434 g/mol. The van der Waals surface area contributed by atoms with Gasteiger partial charge in [0.05, 0.1) is 19.7 Å². The number of rotatable bonds is 7. The summed E-state index contributed by atoms with van der Waals surface area (Å²) in [5.74, 6) is 1.36. The molecule has 2 aromatic heterocycles. The molecule has 0 unspecified atom stereocenters. The molecule has 8 nitrogen and oxygen atoms in total. The molecule has 0 fully saturated rings. The first kappa shape index (κ1) is 21.4. The van der Waals surface area contributed by atoms with Gasteiger partial charge >= 0.3 is 0 Å². The summed E-state index contributed by atoms with van der Waals surface area (Å²) in [4.78, 5) is 29.3. The molecule has 32 heavy (non-hydrogen) atoms. The molecule has 166 valence electrons. The number of hydrogen-bond donors (Lipinski definition) is 1. The lowest BCUT2D eigenvalue weighted by molar-refractivity contribution is -0.124. The molecule has 0 aliphatic rings. The largest absolute Gasteiger partial charge is 0.497 e. The van der Waals surface area contributed by atoms with Crippen molar-refractivity contribution < 1.29 is 14.3 Å². The minimum absolute atomic E-state index is 0.132. The molecule has 0 aliphatic carbocycles. The number of carbonyl (C=O) groups excluding carboxylic acids is 1. The summed E-state index contributed by atoms with van der Waals surface area (Å²) >= 11 is 0. The maximum absolute atomic E-state index is 13.1. The Morgan fingerprint density at radius 3 is 2.66 bits per heavy atom. The fourth-order valence-corrected chi connectivity index (χ4v) is 4.05. The number of hydrogen-bond acceptors (Lipinski definition) is 5. The molecule has 1 N–H and O–H groups in total. The molecular weight excluding hydrogens is 408 g/mol. The van der Waals surface area contributed by atoms with E-state index in [0.717, 1.165) is 33.7 Å². The van der Waals surface area contributed by atoms with Crippen molar-refractivity contribution in [3.05, 3.63) is 70.1 Å². The van der Waals surface area contributed by atoms with Crippen LogP contribution in [0.5, 0.6) is 11.5 Å². The van der Waals surface area contributed by atoms with E-state index in [9.17, 15) is 9.59 Å². The molecule has 0 radical (unpaired) electrons. The van der Waals surface area contributed by atoms with Gasteiger partial charge in [0, 0.05) is 23.7 Å². The van der Waals surface area contributed by atoms with Crippen molar-refractivity contribution in [3.8, 4) is 11.5 Å². The van der Waals surface area contributed by atoms with Gasteiger partial charge in [-0.05, 0) is 56.2 Å². The molecule has 2 aromatic carbocycles. The van der Waals surface area contributed by atoms with Crippen molar-refractivity contribution in [1.29, 1.82) is 0 Å². The van der Waals surface area contributed by atoms with Crippen LogP contribution < -0.4 is 20.3 Å². The van der Waals surface area contributed by atoms with Gasteiger partial charge in [0.1, 0.15) is 17.5 Å². The first-order chi connectivity index (χ1) is 15.4. The number of aromatic nitrogens is 3. The number of fused-ring (bicyclic) bond motifs is 3. The number of ether oxygens (including phenoxy) is 2. The highest BCUT2D eigenvalue weighted by Crippen LogP contribution is 2.26. The number of benzene rings is 2. The quantitative estimate of drug-likeness (QED) is 0.483. The summed E-state index contributed by atoms with van der Waals surface area (Å²) in [5.41, 5.74) is 2.76. The lowest BCUT2D eigenvalue weighted by atomic mass is 10.1. The van der Waals surface area contributed by atoms with E-state index in [-0.39, 0.29) is 11.5 Å². The fourth-order valence-electron chi connectivity index (χ4n) is 4.05. The zero-order chi connectivity index (χ0) is 22.8. The summed E-state index contributed by atoms with van der Waals surface area (Å²) in [6, 6.07) is 14.2. The molecule has 8 heteroatoms. The second-order valence-corrected chi connectivity index (χ2v) is 7.63. The summed E-state index contributed by atoms with van der Waals surface area (Å²) in [7, 11) is 3.24. The number of aryl methyl sites for hydroxylation is 1. The number of carbonyl (C=O) groups is 1. The number of methoxy groups -OCH3 is 2. The van der Waals surface area contributed by atoms with Gasteiger partial charge in [0.2, 0.25) is 5.91 Å². The second-order valence-electron chi connectivity index (χ2n) is 7.63. The summed E-state index contributed by atoms with van der Waals surface area (Å²) in [6.07, 6.45) is 0.597. The number of amides is 1. The Kier molecular flexibility index (Phi) is 5.85. The zero-order valence-electron chi connectivity index (χ0n) is 18.6. The van der Waals surface area contributed by atoms with Gasteiger partial charge in [-0.15, -0.1) is 0 Å². The predicted octanol–water partition coefficient (Wildman–Crippen LogP) is 2.89. The van der Waals surface area contributed by atoms with Gasteiger partial charge in [-0.25, -0.2) is 4.52 Å². The third kappa shape index (κ3) is 3.79. The Morgan fingerprint density at radius 1 is 1.12 bits per heavy atom. The van der Waals surface area contributed by atoms with Gasteiger partial charge < -0.3 is 14.8 Å². The highest BCUT2D eigenvalue weighted by atomic mass is 16.5. The molecule has 0 saturated carbocycles. The maximum atomic E-state index is 13.1. The smallest absolute Gasteiger partial charge is 0.273 e. The monoisotopic (exact) mass is 434 g/mol. The first-order valence-electron chi connectivity index (χ1n) is 10.4. The van der Waals surface area contributed by atoms with Crippen molar-refractivity contribution in [2.24, 2.45) is 0 Å². The predicted molar refractivity (Wildman–Crippen MR) is 123 cm³/mol. The molecular formula is C24H26N4O4. The molecule has 1 amide bonds. The Morgan fingerprint density at radius 2 is 1.91 bits per heavy atom. The van der Waals surface area contributed by atoms with Crippen LogP contribution in [0.3, 0.4) is 0 Å². The zero-order valence-corrected chi connectivity index (χ0v) is 18.6. The van der Waals surface area contributed by atoms with Crippen LogP contribution >= 0.6 is 0 Å². The lowest BCUT2D eigenvalue weighted by Gasteiger charge is -2.18. The highest BCUT2D eigenvalue weighted by molar-refractivity contribution is 5.94. The van der Waals surface area contributed by atoms with Crippen molar-refractivity contribution in [2.75, 3.05) is 20.8 Å². The van der Waals surface area contributed by atoms with Crippen molar-refractivity contribution in [1.82, 2.24) is 19.5 Å². The van der Waals surface area contributed by atoms with Gasteiger partial charge in [-0.2, -0.15) is 4.98 Å². The van der Waals surface area contributed by atoms with Crippen molar-refractivity contribution in [3.63, 3.8) is 0 Å². The highest BCUT2D eigenvalue weighted by Gasteiger charge is 2.22. The third-order valence-corrected chi connectivity index (χ3v) is 5.62. The molecule has 0 spiro atoms. The molecule has 0 saturated heterocycles. The van der Waals surface area contributed by atoms with E-state index in [0.29, 0.717) is 18.6 Å². The average Bonchev–Trinajstić information content (AvgIpc) is 3.13. The van der Waals surface area contributed by atoms with Gasteiger partial charge in [-0.3, -0.25) is 14.3 Å². The Balaban J connectivity index is 1.60. The minimum atomic E-state index is -0.521. The molecule has 4 aromatic rings.